The summed E-state index contributed by atoms with van der Waals surface area (Å²) in [6, 6.07) is 6.35. The summed E-state index contributed by atoms with van der Waals surface area (Å²) in [6.07, 6.45) is 4.82. The van der Waals surface area contributed by atoms with Crippen molar-refractivity contribution in [1.29, 1.82) is 0 Å². The van der Waals surface area contributed by atoms with E-state index in [0.29, 0.717) is 11.5 Å². The van der Waals surface area contributed by atoms with Gasteiger partial charge in [0.2, 0.25) is 0 Å². The number of halogens is 2. The lowest BCUT2D eigenvalue weighted by Crippen LogP contribution is -2.55. The van der Waals surface area contributed by atoms with E-state index in [9.17, 15) is 0 Å². The van der Waals surface area contributed by atoms with Gasteiger partial charge in [0.15, 0.2) is 0 Å². The highest BCUT2D eigenvalue weighted by atomic mass is 35.5. The lowest BCUT2D eigenvalue weighted by molar-refractivity contribution is 0.0120. The van der Waals surface area contributed by atoms with E-state index in [0.717, 1.165) is 22.2 Å². The van der Waals surface area contributed by atoms with Crippen molar-refractivity contribution < 1.29 is 0 Å². The largest absolute Gasteiger partial charge is 0.314 e. The molecule has 0 saturated heterocycles. The van der Waals surface area contributed by atoms with Crippen molar-refractivity contribution in [1.82, 2.24) is 5.32 Å². The van der Waals surface area contributed by atoms with E-state index in [1.807, 2.05) is 18.2 Å². The van der Waals surface area contributed by atoms with Gasteiger partial charge >= 0.3 is 0 Å². The molecule has 118 valence electrons. The molecule has 0 aliphatic heterocycles. The molecule has 21 heavy (non-hydrogen) atoms. The normalized spacial score (nSPS) is 19.6. The Morgan fingerprint density at radius 3 is 2.05 bits per heavy atom. The highest BCUT2D eigenvalue weighted by Gasteiger charge is 2.54. The zero-order valence-corrected chi connectivity index (χ0v) is 15.1. The molecule has 1 aliphatic rings. The van der Waals surface area contributed by atoms with E-state index in [4.69, 9.17) is 23.2 Å². The fraction of sp³-hybridized carbons (Fsp3) is 0.667. The first-order chi connectivity index (χ1) is 9.88. The van der Waals surface area contributed by atoms with Crippen molar-refractivity contribution in [2.75, 3.05) is 6.54 Å². The Morgan fingerprint density at radius 2 is 1.62 bits per heavy atom. The van der Waals surface area contributed by atoms with Crippen LogP contribution in [0.3, 0.4) is 0 Å². The third kappa shape index (κ3) is 3.25. The minimum Gasteiger partial charge on any atom is -0.314 e. The first kappa shape index (κ1) is 17.1. The molecule has 0 bridgehead atoms. The monoisotopic (exact) mass is 327 g/mol. The molecule has 0 aromatic heterocycles. The van der Waals surface area contributed by atoms with Crippen molar-refractivity contribution in [3.63, 3.8) is 0 Å². The zero-order chi connectivity index (χ0) is 15.7. The molecule has 1 fully saturated rings. The quantitative estimate of drug-likeness (QED) is 0.693. The topological polar surface area (TPSA) is 12.0 Å². The Kier molecular flexibility index (Phi) is 5.28. The average molecular weight is 328 g/mol. The molecule has 0 amide bonds. The summed E-state index contributed by atoms with van der Waals surface area (Å²) in [5.74, 6) is 0. The molecule has 0 unspecified atom stereocenters. The predicted molar refractivity (Wildman–Crippen MR) is 93.5 cm³/mol. The molecule has 1 N–H and O–H groups in total. The molecule has 2 rings (SSSR count). The summed E-state index contributed by atoms with van der Waals surface area (Å²) in [6.45, 7) is 9.94. The van der Waals surface area contributed by atoms with Gasteiger partial charge in [-0.2, -0.15) is 0 Å². The van der Waals surface area contributed by atoms with Crippen LogP contribution in [-0.2, 0) is 5.41 Å². The van der Waals surface area contributed by atoms with E-state index in [1.54, 1.807) is 0 Å². The molecule has 1 nitrogen and oxygen atoms in total. The minimum atomic E-state index is 0.0890. The summed E-state index contributed by atoms with van der Waals surface area (Å²) in [5.41, 5.74) is 1.70. The second kappa shape index (κ2) is 6.48. The maximum Gasteiger partial charge on any atom is 0.0459 e. The average Bonchev–Trinajstić information content (AvgIpc) is 2.40. The van der Waals surface area contributed by atoms with Crippen molar-refractivity contribution in [3.8, 4) is 0 Å². The van der Waals surface area contributed by atoms with Crippen molar-refractivity contribution in [3.05, 3.63) is 33.8 Å². The van der Waals surface area contributed by atoms with Gasteiger partial charge in [0.25, 0.3) is 0 Å². The summed E-state index contributed by atoms with van der Waals surface area (Å²) in [7, 11) is 0. The van der Waals surface area contributed by atoms with Gasteiger partial charge in [-0.15, -0.1) is 0 Å². The van der Waals surface area contributed by atoms with Crippen LogP contribution in [0, 0.1) is 5.41 Å². The molecular weight excluding hydrogens is 301 g/mol. The van der Waals surface area contributed by atoms with E-state index < -0.39 is 0 Å². The maximum atomic E-state index is 6.51. The molecule has 3 heteroatoms. The summed E-state index contributed by atoms with van der Waals surface area (Å²) < 4.78 is 0. The van der Waals surface area contributed by atoms with Crippen LogP contribution < -0.4 is 5.32 Å². The molecule has 1 aliphatic carbocycles. The maximum absolute atomic E-state index is 6.51. The van der Waals surface area contributed by atoms with Crippen LogP contribution >= 0.6 is 23.2 Å². The molecule has 1 aromatic rings. The molecule has 0 atom stereocenters. The fourth-order valence-corrected chi connectivity index (χ4v) is 4.73. The van der Waals surface area contributed by atoms with Crippen LogP contribution in [-0.4, -0.2) is 12.6 Å². The van der Waals surface area contributed by atoms with Gasteiger partial charge < -0.3 is 5.32 Å². The van der Waals surface area contributed by atoms with Gasteiger partial charge in [-0.25, -0.2) is 0 Å². The van der Waals surface area contributed by atoms with Crippen LogP contribution in [0.1, 0.15) is 58.9 Å². The van der Waals surface area contributed by atoms with E-state index in [-0.39, 0.29) is 5.41 Å². The standard InChI is InChI=1S/C18H27Cl2N/c1-5-17(6-2)10-18(11-17,12-21-13(3)4)16-14(19)8-7-9-15(16)20/h7-9,13,21H,5-6,10-12H2,1-4H3. The molecule has 0 radical (unpaired) electrons. The first-order valence-corrected chi connectivity index (χ1v) is 8.81. The van der Waals surface area contributed by atoms with Gasteiger partial charge in [-0.1, -0.05) is 69.8 Å². The van der Waals surface area contributed by atoms with E-state index in [1.165, 1.54) is 25.7 Å². The lowest BCUT2D eigenvalue weighted by Gasteiger charge is -2.57. The first-order valence-electron chi connectivity index (χ1n) is 8.06. The Labute approximate surface area is 139 Å². The molecule has 1 aromatic carbocycles. The molecule has 1 saturated carbocycles. The molecule has 0 heterocycles. The number of hydrogen-bond donors (Lipinski definition) is 1. The third-order valence-corrected chi connectivity index (χ3v) is 5.90. The second-order valence-electron chi connectivity index (χ2n) is 6.97. The van der Waals surface area contributed by atoms with E-state index in [2.05, 4.69) is 33.0 Å². The smallest absolute Gasteiger partial charge is 0.0459 e. The Morgan fingerprint density at radius 1 is 1.10 bits per heavy atom. The van der Waals surface area contributed by atoms with Crippen molar-refractivity contribution in [2.24, 2.45) is 5.41 Å². The molecular formula is C18H27Cl2N. The van der Waals surface area contributed by atoms with Gasteiger partial charge in [-0.05, 0) is 36.0 Å². The highest BCUT2D eigenvalue weighted by molar-refractivity contribution is 6.36. The van der Waals surface area contributed by atoms with Crippen molar-refractivity contribution in [2.45, 2.75) is 64.8 Å². The fourth-order valence-electron chi connectivity index (χ4n) is 3.93. The Bertz CT molecular complexity index is 464. The second-order valence-corrected chi connectivity index (χ2v) is 7.79. The SMILES string of the molecule is CCC1(CC)CC(CNC(C)C)(c2c(Cl)cccc2Cl)C1. The minimum absolute atomic E-state index is 0.0890. The predicted octanol–water partition coefficient (Wildman–Crippen LogP) is 5.83. The van der Waals surface area contributed by atoms with Crippen LogP contribution in [0.15, 0.2) is 18.2 Å². The number of hydrogen-bond acceptors (Lipinski definition) is 1. The van der Waals surface area contributed by atoms with Crippen LogP contribution in [0.25, 0.3) is 0 Å². The van der Waals surface area contributed by atoms with E-state index >= 15 is 0 Å². The number of nitrogens with one attached hydrogen (secondary N) is 1. The summed E-state index contributed by atoms with van der Waals surface area (Å²) >= 11 is 13.0. The van der Waals surface area contributed by atoms with Gasteiger partial charge in [0.1, 0.15) is 0 Å². The summed E-state index contributed by atoms with van der Waals surface area (Å²) in [5, 5.41) is 5.24. The number of benzene rings is 1. The van der Waals surface area contributed by atoms with Gasteiger partial charge in [0.05, 0.1) is 0 Å². The van der Waals surface area contributed by atoms with Crippen LogP contribution in [0.5, 0.6) is 0 Å². The molecule has 0 spiro atoms. The lowest BCUT2D eigenvalue weighted by atomic mass is 9.48. The van der Waals surface area contributed by atoms with Gasteiger partial charge in [-0.3, -0.25) is 0 Å². The van der Waals surface area contributed by atoms with Gasteiger partial charge in [0, 0.05) is 28.0 Å². The summed E-state index contributed by atoms with van der Waals surface area (Å²) in [4.78, 5) is 0. The van der Waals surface area contributed by atoms with Crippen LogP contribution in [0.2, 0.25) is 10.0 Å². The zero-order valence-electron chi connectivity index (χ0n) is 13.6. The Balaban J connectivity index is 2.35. The number of rotatable bonds is 6. The third-order valence-electron chi connectivity index (χ3n) is 5.27. The Hall–Kier alpha value is -0.240. The van der Waals surface area contributed by atoms with Crippen molar-refractivity contribution >= 4 is 23.2 Å². The highest BCUT2D eigenvalue weighted by Crippen LogP contribution is 2.61. The van der Waals surface area contributed by atoms with Crippen LogP contribution in [0.4, 0.5) is 0 Å².